The van der Waals surface area contributed by atoms with Gasteiger partial charge in [0.1, 0.15) is 11.8 Å². The molecule has 0 spiro atoms. The summed E-state index contributed by atoms with van der Waals surface area (Å²) >= 11 is 5.91. The van der Waals surface area contributed by atoms with E-state index >= 15 is 0 Å². The van der Waals surface area contributed by atoms with Crippen molar-refractivity contribution in [1.29, 1.82) is 0 Å². The number of urea groups is 1. The molecule has 1 atom stereocenters. The Kier molecular flexibility index (Phi) is 7.31. The van der Waals surface area contributed by atoms with Gasteiger partial charge in [0.2, 0.25) is 5.91 Å². The lowest BCUT2D eigenvalue weighted by molar-refractivity contribution is -0.124. The number of ether oxygens (including phenoxy) is 1. The number of carbonyl (C=O) groups excluding carboxylic acids is 3. The fourth-order valence-corrected chi connectivity index (χ4v) is 3.38. The van der Waals surface area contributed by atoms with Gasteiger partial charge in [-0.05, 0) is 55.0 Å². The zero-order valence-corrected chi connectivity index (χ0v) is 18.0. The minimum absolute atomic E-state index is 0.149. The third kappa shape index (κ3) is 5.24. The van der Waals surface area contributed by atoms with E-state index in [1.54, 1.807) is 48.5 Å². The summed E-state index contributed by atoms with van der Waals surface area (Å²) in [6, 6.07) is 12.0. The summed E-state index contributed by atoms with van der Waals surface area (Å²) in [5.41, 5.74) is 0.981. The fourth-order valence-electron chi connectivity index (χ4n) is 3.25. The van der Waals surface area contributed by atoms with Crippen LogP contribution in [0.25, 0.3) is 0 Å². The maximum Gasteiger partial charge on any atom is 0.332 e. The number of nitrogens with zero attached hydrogens (tertiary/aromatic N) is 2. The first-order chi connectivity index (χ1) is 14.9. The number of carbonyl (C=O) groups is 3. The highest BCUT2D eigenvalue weighted by Crippen LogP contribution is 2.28. The van der Waals surface area contributed by atoms with E-state index in [1.807, 2.05) is 6.92 Å². The zero-order valence-electron chi connectivity index (χ0n) is 17.2. The lowest BCUT2D eigenvalue weighted by Crippen LogP contribution is -2.38. The molecule has 1 fully saturated rings. The molecule has 1 N–H and O–H groups in total. The molecular formula is C23H24ClN3O4. The molecule has 0 bridgehead atoms. The SMILES string of the molecule is C=CCN1C(=O)N(c2ccc(Cl)cc2)C(=O)[C@@H]1CC(=O)Nc1ccc(OCCC)cc1. The van der Waals surface area contributed by atoms with Crippen molar-refractivity contribution in [2.24, 2.45) is 0 Å². The average Bonchev–Trinajstić information content (AvgIpc) is 2.98. The Morgan fingerprint density at radius 1 is 1.16 bits per heavy atom. The average molecular weight is 442 g/mol. The van der Waals surface area contributed by atoms with Crippen LogP contribution in [0.3, 0.4) is 0 Å². The van der Waals surface area contributed by atoms with Gasteiger partial charge in [0.25, 0.3) is 5.91 Å². The van der Waals surface area contributed by atoms with Crippen molar-refractivity contribution in [3.8, 4) is 5.75 Å². The van der Waals surface area contributed by atoms with Crippen LogP contribution in [0.15, 0.2) is 61.2 Å². The van der Waals surface area contributed by atoms with Crippen molar-refractivity contribution in [1.82, 2.24) is 4.90 Å². The van der Waals surface area contributed by atoms with Gasteiger partial charge in [-0.1, -0.05) is 24.6 Å². The van der Waals surface area contributed by atoms with Gasteiger partial charge in [-0.3, -0.25) is 9.59 Å². The van der Waals surface area contributed by atoms with Crippen LogP contribution in [0, 0.1) is 0 Å². The van der Waals surface area contributed by atoms with Crippen LogP contribution in [-0.2, 0) is 9.59 Å². The third-order valence-electron chi connectivity index (χ3n) is 4.72. The number of hydrogen-bond acceptors (Lipinski definition) is 4. The molecular weight excluding hydrogens is 418 g/mol. The van der Waals surface area contributed by atoms with Crippen LogP contribution in [0.4, 0.5) is 16.2 Å². The number of amides is 4. The van der Waals surface area contributed by atoms with E-state index in [4.69, 9.17) is 16.3 Å². The largest absolute Gasteiger partial charge is 0.494 e. The minimum Gasteiger partial charge on any atom is -0.494 e. The molecule has 1 heterocycles. The van der Waals surface area contributed by atoms with Gasteiger partial charge in [-0.25, -0.2) is 9.69 Å². The summed E-state index contributed by atoms with van der Waals surface area (Å²) < 4.78 is 5.53. The van der Waals surface area contributed by atoms with Gasteiger partial charge in [0, 0.05) is 17.3 Å². The summed E-state index contributed by atoms with van der Waals surface area (Å²) in [5.74, 6) is -0.125. The van der Waals surface area contributed by atoms with Crippen LogP contribution in [0.5, 0.6) is 5.75 Å². The van der Waals surface area contributed by atoms with Crippen LogP contribution in [0.1, 0.15) is 19.8 Å². The molecule has 1 aliphatic rings. The third-order valence-corrected chi connectivity index (χ3v) is 4.97. The number of hydrogen-bond donors (Lipinski definition) is 1. The van der Waals surface area contributed by atoms with E-state index in [-0.39, 0.29) is 18.9 Å². The molecule has 162 valence electrons. The van der Waals surface area contributed by atoms with Gasteiger partial charge in [-0.2, -0.15) is 0 Å². The van der Waals surface area contributed by atoms with E-state index in [1.165, 1.54) is 11.0 Å². The maximum absolute atomic E-state index is 13.0. The number of rotatable bonds is 9. The monoisotopic (exact) mass is 441 g/mol. The van der Waals surface area contributed by atoms with E-state index in [0.717, 1.165) is 11.3 Å². The summed E-state index contributed by atoms with van der Waals surface area (Å²) in [5, 5.41) is 3.26. The molecule has 7 nitrogen and oxygen atoms in total. The van der Waals surface area contributed by atoms with Gasteiger partial charge in [-0.15, -0.1) is 6.58 Å². The Bertz CT molecular complexity index is 960. The second-order valence-corrected chi connectivity index (χ2v) is 7.45. The quantitative estimate of drug-likeness (QED) is 0.459. The predicted molar refractivity (Wildman–Crippen MR) is 120 cm³/mol. The topological polar surface area (TPSA) is 79.0 Å². The van der Waals surface area contributed by atoms with Gasteiger partial charge in [0.15, 0.2) is 0 Å². The van der Waals surface area contributed by atoms with Crippen LogP contribution < -0.4 is 15.0 Å². The number of imide groups is 1. The lowest BCUT2D eigenvalue weighted by atomic mass is 10.1. The van der Waals surface area contributed by atoms with Gasteiger partial charge >= 0.3 is 6.03 Å². The molecule has 2 aromatic carbocycles. The molecule has 0 aliphatic carbocycles. The molecule has 1 aliphatic heterocycles. The highest BCUT2D eigenvalue weighted by Gasteiger charge is 2.46. The smallest absolute Gasteiger partial charge is 0.332 e. The molecule has 1 saturated heterocycles. The van der Waals surface area contributed by atoms with E-state index in [0.29, 0.717) is 28.8 Å². The molecule has 3 rings (SSSR count). The second kappa shape index (κ2) is 10.1. The fraction of sp³-hybridized carbons (Fsp3) is 0.261. The Labute approximate surface area is 186 Å². The van der Waals surface area contributed by atoms with E-state index < -0.39 is 18.0 Å². The first-order valence-corrected chi connectivity index (χ1v) is 10.4. The maximum atomic E-state index is 13.0. The summed E-state index contributed by atoms with van der Waals surface area (Å²) in [4.78, 5) is 40.9. The Morgan fingerprint density at radius 2 is 1.84 bits per heavy atom. The molecule has 8 heteroatoms. The number of nitrogens with one attached hydrogen (secondary N) is 1. The summed E-state index contributed by atoms with van der Waals surface area (Å²) in [6.45, 7) is 6.44. The van der Waals surface area contributed by atoms with Crippen molar-refractivity contribution in [2.45, 2.75) is 25.8 Å². The normalized spacial score (nSPS) is 15.9. The molecule has 0 unspecified atom stereocenters. The standard InChI is InChI=1S/C23H24ClN3O4/c1-3-13-26-20(22(29)27(23(26)30)18-9-5-16(24)6-10-18)15-21(28)25-17-7-11-19(12-8-17)31-14-4-2/h3,5-12,20H,1,4,13-15H2,2H3,(H,25,28)/t20-/m0/s1. The number of benzene rings is 2. The van der Waals surface area contributed by atoms with Crippen molar-refractivity contribution >= 4 is 40.8 Å². The molecule has 31 heavy (non-hydrogen) atoms. The summed E-state index contributed by atoms with van der Waals surface area (Å²) in [7, 11) is 0. The Morgan fingerprint density at radius 3 is 2.45 bits per heavy atom. The Hall–Kier alpha value is -3.32. The first-order valence-electron chi connectivity index (χ1n) is 9.98. The highest BCUT2D eigenvalue weighted by molar-refractivity contribution is 6.30. The van der Waals surface area contributed by atoms with E-state index in [9.17, 15) is 14.4 Å². The Balaban J connectivity index is 1.71. The van der Waals surface area contributed by atoms with E-state index in [2.05, 4.69) is 11.9 Å². The second-order valence-electron chi connectivity index (χ2n) is 7.01. The number of anilines is 2. The van der Waals surface area contributed by atoms with Gasteiger partial charge < -0.3 is 15.0 Å². The lowest BCUT2D eigenvalue weighted by Gasteiger charge is -2.19. The van der Waals surface area contributed by atoms with Crippen LogP contribution in [0.2, 0.25) is 5.02 Å². The van der Waals surface area contributed by atoms with Crippen molar-refractivity contribution < 1.29 is 19.1 Å². The summed E-state index contributed by atoms with van der Waals surface area (Å²) in [6.07, 6.45) is 2.26. The van der Waals surface area contributed by atoms with Gasteiger partial charge in [0.05, 0.1) is 18.7 Å². The number of halogens is 1. The molecule has 2 aromatic rings. The molecule has 0 saturated carbocycles. The molecule has 4 amide bonds. The van der Waals surface area contributed by atoms with Crippen molar-refractivity contribution in [3.05, 3.63) is 66.2 Å². The predicted octanol–water partition coefficient (Wildman–Crippen LogP) is 4.48. The first kappa shape index (κ1) is 22.4. The van der Waals surface area contributed by atoms with Crippen molar-refractivity contribution in [3.63, 3.8) is 0 Å². The molecule has 0 radical (unpaired) electrons. The minimum atomic E-state index is -0.923. The van der Waals surface area contributed by atoms with Crippen LogP contribution in [-0.4, -0.2) is 41.9 Å². The zero-order chi connectivity index (χ0) is 22.4. The molecule has 0 aromatic heterocycles. The van der Waals surface area contributed by atoms with Crippen LogP contribution >= 0.6 is 11.6 Å². The van der Waals surface area contributed by atoms with Crippen molar-refractivity contribution in [2.75, 3.05) is 23.4 Å². The highest BCUT2D eigenvalue weighted by atomic mass is 35.5.